The number of hydrogen-bond donors (Lipinski definition) is 1. The normalized spacial score (nSPS) is 10.7. The zero-order valence-electron chi connectivity index (χ0n) is 8.96. The molecule has 0 unspecified atom stereocenters. The Morgan fingerprint density at radius 3 is 2.60 bits per heavy atom. The average Bonchev–Trinajstić information content (AvgIpc) is 2.13. The fourth-order valence-corrected chi connectivity index (χ4v) is 1.67. The van der Waals surface area contributed by atoms with Crippen LogP contribution in [0.5, 0.6) is 0 Å². The molecule has 15 heavy (non-hydrogen) atoms. The second-order valence-electron chi connectivity index (χ2n) is 3.94. The van der Waals surface area contributed by atoms with Gasteiger partial charge in [0.15, 0.2) is 0 Å². The first-order chi connectivity index (χ1) is 6.99. The van der Waals surface area contributed by atoms with Crippen LogP contribution < -0.4 is 0 Å². The predicted molar refractivity (Wildman–Crippen MR) is 61.5 cm³/mol. The highest BCUT2D eigenvalue weighted by Crippen LogP contribution is 2.22. The molecular formula is C12H15ClO2. The van der Waals surface area contributed by atoms with Crippen molar-refractivity contribution in [3.63, 3.8) is 0 Å². The summed E-state index contributed by atoms with van der Waals surface area (Å²) in [5.41, 5.74) is 2.15. The lowest BCUT2D eigenvalue weighted by atomic mass is 9.99. The lowest BCUT2D eigenvalue weighted by Gasteiger charge is -2.08. The van der Waals surface area contributed by atoms with Gasteiger partial charge in [0, 0.05) is 11.4 Å². The highest BCUT2D eigenvalue weighted by Gasteiger charge is 2.05. The van der Waals surface area contributed by atoms with E-state index in [1.807, 2.05) is 18.2 Å². The van der Waals surface area contributed by atoms with Gasteiger partial charge in [-0.05, 0) is 35.6 Å². The molecule has 1 aromatic carbocycles. The van der Waals surface area contributed by atoms with E-state index < -0.39 is 5.97 Å². The molecule has 0 spiro atoms. The summed E-state index contributed by atoms with van der Waals surface area (Å²) >= 11 is 5.96. The third kappa shape index (κ3) is 3.92. The van der Waals surface area contributed by atoms with E-state index in [1.165, 1.54) is 0 Å². The van der Waals surface area contributed by atoms with Gasteiger partial charge in [-0.3, -0.25) is 4.79 Å². The first-order valence-corrected chi connectivity index (χ1v) is 5.38. The number of halogens is 1. The minimum Gasteiger partial charge on any atom is -0.481 e. The fraction of sp³-hybridized carbons (Fsp3) is 0.417. The van der Waals surface area contributed by atoms with Gasteiger partial charge in [0.25, 0.3) is 0 Å². The molecule has 0 fully saturated rings. The summed E-state index contributed by atoms with van der Waals surface area (Å²) in [6, 6.07) is 5.78. The van der Waals surface area contributed by atoms with Gasteiger partial charge >= 0.3 is 5.97 Å². The van der Waals surface area contributed by atoms with E-state index in [0.29, 0.717) is 17.4 Å². The Hall–Kier alpha value is -1.02. The highest BCUT2D eigenvalue weighted by molar-refractivity contribution is 6.30. The Morgan fingerprint density at radius 2 is 2.07 bits per heavy atom. The van der Waals surface area contributed by atoms with Crippen LogP contribution in [0.3, 0.4) is 0 Å². The number of rotatable bonds is 4. The molecule has 82 valence electrons. The van der Waals surface area contributed by atoms with Gasteiger partial charge in [0.1, 0.15) is 0 Å². The van der Waals surface area contributed by atoms with Crippen LogP contribution in [0, 0.1) is 0 Å². The van der Waals surface area contributed by atoms with E-state index in [4.69, 9.17) is 16.7 Å². The molecule has 1 N–H and O–H groups in total. The zero-order chi connectivity index (χ0) is 11.4. The maximum absolute atomic E-state index is 10.4. The minimum atomic E-state index is -0.777. The molecule has 0 bridgehead atoms. The molecule has 0 aromatic heterocycles. The van der Waals surface area contributed by atoms with Gasteiger partial charge in [-0.2, -0.15) is 0 Å². The molecule has 3 heteroatoms. The standard InChI is InChI=1S/C12H15ClO2/c1-8(2)10-5-9(3-4-12(14)15)6-11(13)7-10/h5-8H,3-4H2,1-2H3,(H,14,15). The van der Waals surface area contributed by atoms with Gasteiger partial charge in [0.2, 0.25) is 0 Å². The van der Waals surface area contributed by atoms with Gasteiger partial charge in [-0.1, -0.05) is 31.5 Å². The molecular weight excluding hydrogens is 212 g/mol. The Balaban J connectivity index is 2.84. The van der Waals surface area contributed by atoms with Crippen LogP contribution in [-0.2, 0) is 11.2 Å². The second kappa shape index (κ2) is 5.17. The van der Waals surface area contributed by atoms with Crippen LogP contribution in [0.1, 0.15) is 37.3 Å². The van der Waals surface area contributed by atoms with Crippen molar-refractivity contribution in [1.29, 1.82) is 0 Å². The molecule has 0 aliphatic carbocycles. The van der Waals surface area contributed by atoms with Crippen LogP contribution >= 0.6 is 11.6 Å². The molecule has 0 aliphatic rings. The Bertz CT molecular complexity index is 359. The Labute approximate surface area is 94.9 Å². The number of carboxylic acids is 1. The largest absolute Gasteiger partial charge is 0.481 e. The summed E-state index contributed by atoms with van der Waals surface area (Å²) < 4.78 is 0. The van der Waals surface area contributed by atoms with Crippen LogP contribution in [-0.4, -0.2) is 11.1 Å². The van der Waals surface area contributed by atoms with E-state index in [2.05, 4.69) is 13.8 Å². The monoisotopic (exact) mass is 226 g/mol. The molecule has 2 nitrogen and oxygen atoms in total. The predicted octanol–water partition coefficient (Wildman–Crippen LogP) is 3.48. The number of aliphatic carboxylic acids is 1. The van der Waals surface area contributed by atoms with Gasteiger partial charge < -0.3 is 5.11 Å². The van der Waals surface area contributed by atoms with E-state index in [0.717, 1.165) is 11.1 Å². The highest BCUT2D eigenvalue weighted by atomic mass is 35.5. The number of benzene rings is 1. The first kappa shape index (κ1) is 12.1. The van der Waals surface area contributed by atoms with E-state index >= 15 is 0 Å². The van der Waals surface area contributed by atoms with Crippen LogP contribution in [0.4, 0.5) is 0 Å². The van der Waals surface area contributed by atoms with Crippen LogP contribution in [0.15, 0.2) is 18.2 Å². The molecule has 1 rings (SSSR count). The van der Waals surface area contributed by atoms with E-state index in [-0.39, 0.29) is 6.42 Å². The SMILES string of the molecule is CC(C)c1cc(Cl)cc(CCC(=O)O)c1. The second-order valence-corrected chi connectivity index (χ2v) is 4.38. The van der Waals surface area contributed by atoms with Crippen molar-refractivity contribution in [3.8, 4) is 0 Å². The summed E-state index contributed by atoms with van der Waals surface area (Å²) in [7, 11) is 0. The van der Waals surface area contributed by atoms with Crippen molar-refractivity contribution < 1.29 is 9.90 Å². The molecule has 0 saturated carbocycles. The summed E-state index contributed by atoms with van der Waals surface area (Å²) in [5.74, 6) is -0.367. The van der Waals surface area contributed by atoms with Gasteiger partial charge in [-0.25, -0.2) is 0 Å². The molecule has 0 heterocycles. The number of hydrogen-bond acceptors (Lipinski definition) is 1. The molecule has 1 aromatic rings. The summed E-state index contributed by atoms with van der Waals surface area (Å²) in [6.45, 7) is 4.18. The molecule has 0 atom stereocenters. The molecule has 0 aliphatic heterocycles. The van der Waals surface area contributed by atoms with E-state index in [9.17, 15) is 4.79 Å². The lowest BCUT2D eigenvalue weighted by molar-refractivity contribution is -0.136. The fourth-order valence-electron chi connectivity index (χ4n) is 1.40. The third-order valence-electron chi connectivity index (χ3n) is 2.27. The number of aryl methyl sites for hydroxylation is 1. The van der Waals surface area contributed by atoms with Gasteiger partial charge in [-0.15, -0.1) is 0 Å². The lowest BCUT2D eigenvalue weighted by Crippen LogP contribution is -1.98. The smallest absolute Gasteiger partial charge is 0.303 e. The molecule has 0 amide bonds. The van der Waals surface area contributed by atoms with Crippen molar-refractivity contribution in [3.05, 3.63) is 34.3 Å². The summed E-state index contributed by atoms with van der Waals surface area (Å²) in [6.07, 6.45) is 0.688. The van der Waals surface area contributed by atoms with Crippen LogP contribution in [0.25, 0.3) is 0 Å². The van der Waals surface area contributed by atoms with Crippen molar-refractivity contribution in [2.24, 2.45) is 0 Å². The maximum Gasteiger partial charge on any atom is 0.303 e. The van der Waals surface area contributed by atoms with Crippen molar-refractivity contribution in [2.75, 3.05) is 0 Å². The average molecular weight is 227 g/mol. The van der Waals surface area contributed by atoms with Gasteiger partial charge in [0.05, 0.1) is 0 Å². The number of carbonyl (C=O) groups is 1. The van der Waals surface area contributed by atoms with Crippen molar-refractivity contribution >= 4 is 17.6 Å². The Kier molecular flexibility index (Phi) is 4.15. The van der Waals surface area contributed by atoms with Crippen LogP contribution in [0.2, 0.25) is 5.02 Å². The maximum atomic E-state index is 10.4. The molecule has 0 radical (unpaired) electrons. The van der Waals surface area contributed by atoms with Crippen molar-refractivity contribution in [2.45, 2.75) is 32.6 Å². The van der Waals surface area contributed by atoms with Crippen molar-refractivity contribution in [1.82, 2.24) is 0 Å². The minimum absolute atomic E-state index is 0.151. The zero-order valence-corrected chi connectivity index (χ0v) is 9.71. The quantitative estimate of drug-likeness (QED) is 0.854. The molecule has 0 saturated heterocycles. The third-order valence-corrected chi connectivity index (χ3v) is 2.49. The summed E-state index contributed by atoms with van der Waals surface area (Å²) in [5, 5.41) is 9.27. The topological polar surface area (TPSA) is 37.3 Å². The summed E-state index contributed by atoms with van der Waals surface area (Å²) in [4.78, 5) is 10.4. The Morgan fingerprint density at radius 1 is 1.40 bits per heavy atom. The first-order valence-electron chi connectivity index (χ1n) is 5.00. The number of carboxylic acid groups (broad SMARTS) is 1. The van der Waals surface area contributed by atoms with E-state index in [1.54, 1.807) is 0 Å².